The first-order valence-corrected chi connectivity index (χ1v) is 6.15. The van der Waals surface area contributed by atoms with E-state index in [0.29, 0.717) is 6.04 Å². The molecule has 0 saturated heterocycles. The van der Waals surface area contributed by atoms with Gasteiger partial charge in [-0.3, -0.25) is 0 Å². The standard InChI is InChI=1S/C14H20FN/c1-10-8-14(15)7-6-13(10)9-16-11(2)12-4-3-5-12/h6-8,11-12,16H,3-5,9H2,1-2H3. The van der Waals surface area contributed by atoms with Crippen LogP contribution in [0.3, 0.4) is 0 Å². The summed E-state index contributed by atoms with van der Waals surface area (Å²) >= 11 is 0. The number of rotatable bonds is 4. The van der Waals surface area contributed by atoms with Gasteiger partial charge in [-0.15, -0.1) is 0 Å². The molecule has 88 valence electrons. The summed E-state index contributed by atoms with van der Waals surface area (Å²) < 4.78 is 12.9. The molecule has 1 fully saturated rings. The average Bonchev–Trinajstić information content (AvgIpc) is 2.13. The monoisotopic (exact) mass is 221 g/mol. The Morgan fingerprint density at radius 1 is 1.44 bits per heavy atom. The van der Waals surface area contributed by atoms with Crippen molar-refractivity contribution in [2.24, 2.45) is 5.92 Å². The van der Waals surface area contributed by atoms with Gasteiger partial charge in [0.15, 0.2) is 0 Å². The number of hydrogen-bond acceptors (Lipinski definition) is 1. The first-order chi connectivity index (χ1) is 7.66. The minimum absolute atomic E-state index is 0.145. The van der Waals surface area contributed by atoms with E-state index in [2.05, 4.69) is 12.2 Å². The molecule has 1 N–H and O–H groups in total. The van der Waals surface area contributed by atoms with Crippen LogP contribution in [0.25, 0.3) is 0 Å². The zero-order valence-corrected chi connectivity index (χ0v) is 10.1. The van der Waals surface area contributed by atoms with Gasteiger partial charge in [0.2, 0.25) is 0 Å². The van der Waals surface area contributed by atoms with Crippen molar-refractivity contribution in [2.45, 2.75) is 45.7 Å². The Labute approximate surface area is 97.1 Å². The maximum absolute atomic E-state index is 12.9. The fourth-order valence-electron chi connectivity index (χ4n) is 2.24. The van der Waals surface area contributed by atoms with Gasteiger partial charge in [0.1, 0.15) is 5.82 Å². The van der Waals surface area contributed by atoms with Gasteiger partial charge in [0.25, 0.3) is 0 Å². The maximum atomic E-state index is 12.9. The van der Waals surface area contributed by atoms with Crippen LogP contribution in [0.5, 0.6) is 0 Å². The van der Waals surface area contributed by atoms with Crippen LogP contribution in [0.15, 0.2) is 18.2 Å². The summed E-state index contributed by atoms with van der Waals surface area (Å²) in [5, 5.41) is 3.54. The highest BCUT2D eigenvalue weighted by Gasteiger charge is 2.23. The highest BCUT2D eigenvalue weighted by molar-refractivity contribution is 5.26. The summed E-state index contributed by atoms with van der Waals surface area (Å²) in [6, 6.07) is 5.60. The number of benzene rings is 1. The molecular weight excluding hydrogens is 201 g/mol. The lowest BCUT2D eigenvalue weighted by Gasteiger charge is -2.32. The molecule has 0 aromatic heterocycles. The van der Waals surface area contributed by atoms with Gasteiger partial charge < -0.3 is 5.32 Å². The lowest BCUT2D eigenvalue weighted by atomic mass is 9.80. The minimum Gasteiger partial charge on any atom is -0.310 e. The fraction of sp³-hybridized carbons (Fsp3) is 0.571. The smallest absolute Gasteiger partial charge is 0.123 e. The van der Waals surface area contributed by atoms with Crippen molar-refractivity contribution in [1.82, 2.24) is 5.32 Å². The molecule has 1 aliphatic carbocycles. The van der Waals surface area contributed by atoms with Crippen LogP contribution in [0.1, 0.15) is 37.3 Å². The van der Waals surface area contributed by atoms with E-state index in [0.717, 1.165) is 18.0 Å². The summed E-state index contributed by atoms with van der Waals surface area (Å²) in [6.07, 6.45) is 4.10. The lowest BCUT2D eigenvalue weighted by Crippen LogP contribution is -2.36. The first-order valence-electron chi connectivity index (χ1n) is 6.15. The van der Waals surface area contributed by atoms with Gasteiger partial charge >= 0.3 is 0 Å². The quantitative estimate of drug-likeness (QED) is 0.821. The molecule has 16 heavy (non-hydrogen) atoms. The van der Waals surface area contributed by atoms with E-state index in [1.165, 1.54) is 30.9 Å². The lowest BCUT2D eigenvalue weighted by molar-refractivity contribution is 0.240. The summed E-state index contributed by atoms with van der Waals surface area (Å²) in [6.45, 7) is 5.07. The van der Waals surface area contributed by atoms with Gasteiger partial charge in [-0.2, -0.15) is 0 Å². The molecule has 2 heteroatoms. The van der Waals surface area contributed by atoms with Crippen molar-refractivity contribution >= 4 is 0 Å². The van der Waals surface area contributed by atoms with E-state index in [4.69, 9.17) is 0 Å². The van der Waals surface area contributed by atoms with Crippen molar-refractivity contribution in [3.05, 3.63) is 35.1 Å². The molecular formula is C14H20FN. The molecule has 1 nitrogen and oxygen atoms in total. The Morgan fingerprint density at radius 2 is 2.19 bits per heavy atom. The third-order valence-corrected chi connectivity index (χ3v) is 3.78. The van der Waals surface area contributed by atoms with Crippen LogP contribution in [-0.4, -0.2) is 6.04 Å². The SMILES string of the molecule is Cc1cc(F)ccc1CNC(C)C1CCC1. The van der Waals surface area contributed by atoms with Crippen molar-refractivity contribution in [3.63, 3.8) is 0 Å². The van der Waals surface area contributed by atoms with Gasteiger partial charge in [-0.25, -0.2) is 4.39 Å². The van der Waals surface area contributed by atoms with E-state index >= 15 is 0 Å². The van der Waals surface area contributed by atoms with Crippen LogP contribution in [0, 0.1) is 18.7 Å². The first kappa shape index (κ1) is 11.6. The topological polar surface area (TPSA) is 12.0 Å². The van der Waals surface area contributed by atoms with Crippen LogP contribution in [0.2, 0.25) is 0 Å². The third kappa shape index (κ3) is 2.62. The van der Waals surface area contributed by atoms with E-state index in [1.54, 1.807) is 6.07 Å². The molecule has 0 bridgehead atoms. The molecule has 1 aliphatic rings. The number of halogens is 1. The molecule has 2 rings (SSSR count). The fourth-order valence-corrected chi connectivity index (χ4v) is 2.24. The van der Waals surface area contributed by atoms with Crippen LogP contribution in [-0.2, 0) is 6.54 Å². The van der Waals surface area contributed by atoms with Crippen molar-refractivity contribution in [2.75, 3.05) is 0 Å². The number of nitrogens with one attached hydrogen (secondary N) is 1. The number of hydrogen-bond donors (Lipinski definition) is 1. The third-order valence-electron chi connectivity index (χ3n) is 3.78. The molecule has 1 aromatic rings. The summed E-state index contributed by atoms with van der Waals surface area (Å²) in [5.41, 5.74) is 2.24. The molecule has 0 amide bonds. The summed E-state index contributed by atoms with van der Waals surface area (Å²) in [4.78, 5) is 0. The number of aryl methyl sites for hydroxylation is 1. The highest BCUT2D eigenvalue weighted by Crippen LogP contribution is 2.29. The van der Waals surface area contributed by atoms with Crippen LogP contribution < -0.4 is 5.32 Å². The van der Waals surface area contributed by atoms with Crippen LogP contribution in [0.4, 0.5) is 4.39 Å². The van der Waals surface area contributed by atoms with Crippen molar-refractivity contribution in [1.29, 1.82) is 0 Å². The molecule has 0 heterocycles. The molecule has 0 spiro atoms. The molecule has 1 unspecified atom stereocenters. The average molecular weight is 221 g/mol. The summed E-state index contributed by atoms with van der Waals surface area (Å²) in [7, 11) is 0. The van der Waals surface area contributed by atoms with Gasteiger partial charge in [0, 0.05) is 12.6 Å². The van der Waals surface area contributed by atoms with Gasteiger partial charge in [-0.1, -0.05) is 12.5 Å². The van der Waals surface area contributed by atoms with Crippen molar-refractivity contribution in [3.8, 4) is 0 Å². The molecule has 1 aromatic carbocycles. The minimum atomic E-state index is -0.145. The Hall–Kier alpha value is -0.890. The molecule has 0 radical (unpaired) electrons. The Kier molecular flexibility index (Phi) is 3.59. The predicted octanol–water partition coefficient (Wildman–Crippen LogP) is 3.41. The Balaban J connectivity index is 1.88. The summed E-state index contributed by atoms with van der Waals surface area (Å²) in [5.74, 6) is 0.703. The second kappa shape index (κ2) is 4.96. The van der Waals surface area contributed by atoms with Gasteiger partial charge in [-0.05, 0) is 55.9 Å². The Bertz CT molecular complexity index is 358. The van der Waals surface area contributed by atoms with E-state index in [-0.39, 0.29) is 5.82 Å². The highest BCUT2D eigenvalue weighted by atomic mass is 19.1. The maximum Gasteiger partial charge on any atom is 0.123 e. The zero-order chi connectivity index (χ0) is 11.5. The van der Waals surface area contributed by atoms with E-state index in [1.807, 2.05) is 13.0 Å². The largest absolute Gasteiger partial charge is 0.310 e. The van der Waals surface area contributed by atoms with E-state index in [9.17, 15) is 4.39 Å². The van der Waals surface area contributed by atoms with Crippen molar-refractivity contribution < 1.29 is 4.39 Å². The molecule has 1 atom stereocenters. The van der Waals surface area contributed by atoms with Crippen LogP contribution >= 0.6 is 0 Å². The molecule has 1 saturated carbocycles. The normalized spacial score (nSPS) is 18.2. The van der Waals surface area contributed by atoms with E-state index < -0.39 is 0 Å². The second-order valence-electron chi connectivity index (χ2n) is 4.93. The second-order valence-corrected chi connectivity index (χ2v) is 4.93. The predicted molar refractivity (Wildman–Crippen MR) is 64.8 cm³/mol. The van der Waals surface area contributed by atoms with Gasteiger partial charge in [0.05, 0.1) is 0 Å². The Morgan fingerprint density at radius 3 is 2.75 bits per heavy atom. The zero-order valence-electron chi connectivity index (χ0n) is 10.1. The molecule has 0 aliphatic heterocycles.